The Morgan fingerprint density at radius 3 is 2.67 bits per heavy atom. The second kappa shape index (κ2) is 5.86. The smallest absolute Gasteiger partial charge is 0.251 e. The minimum atomic E-state index is -0.174. The number of benzene rings is 1. The fourth-order valence-electron chi connectivity index (χ4n) is 1.15. The molecular weight excluding hydrogens is 190 g/mol. The molecule has 0 aliphatic carbocycles. The number of ether oxygens (including phenoxy) is 1. The third kappa shape index (κ3) is 4.31. The van der Waals surface area contributed by atoms with E-state index in [1.165, 1.54) is 6.08 Å². The van der Waals surface area contributed by atoms with Crippen LogP contribution in [0, 0.1) is 0 Å². The molecule has 3 heteroatoms. The molecule has 0 radical (unpaired) electrons. The van der Waals surface area contributed by atoms with E-state index < -0.39 is 0 Å². The number of anilines is 1. The quantitative estimate of drug-likeness (QED) is 0.606. The highest BCUT2D eigenvalue weighted by Crippen LogP contribution is 2.05. The highest BCUT2D eigenvalue weighted by Gasteiger charge is 1.98. The summed E-state index contributed by atoms with van der Waals surface area (Å²) in [4.78, 5) is 11.4. The van der Waals surface area contributed by atoms with E-state index >= 15 is 0 Å². The van der Waals surface area contributed by atoms with Gasteiger partial charge in [-0.25, -0.2) is 0 Å². The van der Waals surface area contributed by atoms with Crippen molar-refractivity contribution in [2.75, 3.05) is 11.9 Å². The van der Waals surface area contributed by atoms with Crippen molar-refractivity contribution in [3.8, 4) is 0 Å². The Labute approximate surface area is 89.8 Å². The van der Waals surface area contributed by atoms with Crippen molar-refractivity contribution in [3.63, 3.8) is 0 Å². The van der Waals surface area contributed by atoms with Gasteiger partial charge in [-0.1, -0.05) is 18.2 Å². The first-order valence-electron chi connectivity index (χ1n) is 4.89. The lowest BCUT2D eigenvalue weighted by Gasteiger charge is -2.03. The number of carbonyl (C=O) groups excluding carboxylic acids is 1. The first kappa shape index (κ1) is 11.3. The third-order valence-electron chi connectivity index (χ3n) is 1.75. The zero-order valence-corrected chi connectivity index (χ0v) is 8.99. The van der Waals surface area contributed by atoms with Crippen LogP contribution in [0.3, 0.4) is 0 Å². The summed E-state index contributed by atoms with van der Waals surface area (Å²) in [7, 11) is 0. The molecule has 1 rings (SSSR count). The summed E-state index contributed by atoms with van der Waals surface area (Å²) in [5, 5.41) is 2.74. The molecule has 1 aromatic rings. The number of allylic oxidation sites excluding steroid dienone is 1. The number of carbonyl (C=O) groups is 1. The highest BCUT2D eigenvalue weighted by atomic mass is 16.5. The van der Waals surface area contributed by atoms with Crippen LogP contribution in [0.25, 0.3) is 0 Å². The molecule has 1 aromatic carbocycles. The molecule has 80 valence electrons. The number of hydrogen-bond acceptors (Lipinski definition) is 2. The van der Waals surface area contributed by atoms with E-state index in [0.717, 1.165) is 5.69 Å². The zero-order chi connectivity index (χ0) is 11.1. The average molecular weight is 205 g/mol. The van der Waals surface area contributed by atoms with Crippen LogP contribution in [0.4, 0.5) is 5.69 Å². The summed E-state index contributed by atoms with van der Waals surface area (Å²) in [6, 6.07) is 9.31. The van der Waals surface area contributed by atoms with E-state index in [1.807, 2.05) is 37.3 Å². The molecule has 15 heavy (non-hydrogen) atoms. The van der Waals surface area contributed by atoms with Gasteiger partial charge in [0, 0.05) is 11.8 Å². The summed E-state index contributed by atoms with van der Waals surface area (Å²) >= 11 is 0. The number of rotatable bonds is 4. The van der Waals surface area contributed by atoms with Crippen molar-refractivity contribution in [1.29, 1.82) is 0 Å². The van der Waals surface area contributed by atoms with E-state index in [0.29, 0.717) is 12.4 Å². The Morgan fingerprint density at radius 1 is 1.40 bits per heavy atom. The fraction of sp³-hybridized carbons (Fsp3) is 0.250. The monoisotopic (exact) mass is 205 g/mol. The number of nitrogens with one attached hydrogen (secondary N) is 1. The van der Waals surface area contributed by atoms with Crippen LogP contribution in [0.2, 0.25) is 0 Å². The van der Waals surface area contributed by atoms with Gasteiger partial charge in [0.05, 0.1) is 12.4 Å². The summed E-state index contributed by atoms with van der Waals surface area (Å²) in [5.41, 5.74) is 0.781. The predicted molar refractivity (Wildman–Crippen MR) is 60.5 cm³/mol. The van der Waals surface area contributed by atoms with Gasteiger partial charge >= 0.3 is 0 Å². The summed E-state index contributed by atoms with van der Waals surface area (Å²) in [6.45, 7) is 4.21. The molecule has 0 aromatic heterocycles. The minimum Gasteiger partial charge on any atom is -0.498 e. The van der Waals surface area contributed by atoms with Crippen LogP contribution in [-0.2, 0) is 9.53 Å². The van der Waals surface area contributed by atoms with Gasteiger partial charge in [-0.05, 0) is 26.0 Å². The second-order valence-electron chi connectivity index (χ2n) is 3.04. The molecule has 0 unspecified atom stereocenters. The Bertz CT molecular complexity index is 344. The number of hydrogen-bond donors (Lipinski definition) is 1. The SMILES string of the molecule is CCOC(C)=CC(=O)Nc1ccccc1. The molecule has 1 amide bonds. The molecular formula is C12H15NO2. The summed E-state index contributed by atoms with van der Waals surface area (Å²) in [5.74, 6) is 0.443. The van der Waals surface area contributed by atoms with Gasteiger partial charge in [-0.15, -0.1) is 0 Å². The van der Waals surface area contributed by atoms with Crippen LogP contribution < -0.4 is 5.32 Å². The topological polar surface area (TPSA) is 38.3 Å². The van der Waals surface area contributed by atoms with Crippen molar-refractivity contribution >= 4 is 11.6 Å². The summed E-state index contributed by atoms with van der Waals surface area (Å²) in [6.07, 6.45) is 1.44. The van der Waals surface area contributed by atoms with Crippen LogP contribution in [0.1, 0.15) is 13.8 Å². The largest absolute Gasteiger partial charge is 0.498 e. The standard InChI is InChI=1S/C12H15NO2/c1-3-15-10(2)9-12(14)13-11-7-5-4-6-8-11/h4-9H,3H2,1-2H3,(H,13,14). The van der Waals surface area contributed by atoms with E-state index in [9.17, 15) is 4.79 Å². The van der Waals surface area contributed by atoms with Crippen LogP contribution in [0.15, 0.2) is 42.2 Å². The maximum absolute atomic E-state index is 11.4. The average Bonchev–Trinajstić information content (AvgIpc) is 2.19. The number of para-hydroxylation sites is 1. The molecule has 0 saturated heterocycles. The lowest BCUT2D eigenvalue weighted by atomic mass is 10.3. The molecule has 0 atom stereocenters. The molecule has 0 fully saturated rings. The Hall–Kier alpha value is -1.77. The Kier molecular flexibility index (Phi) is 4.41. The second-order valence-corrected chi connectivity index (χ2v) is 3.04. The van der Waals surface area contributed by atoms with Crippen LogP contribution >= 0.6 is 0 Å². The zero-order valence-electron chi connectivity index (χ0n) is 8.99. The molecule has 0 aliphatic rings. The van der Waals surface area contributed by atoms with Crippen LogP contribution in [-0.4, -0.2) is 12.5 Å². The van der Waals surface area contributed by atoms with E-state index in [4.69, 9.17) is 4.74 Å². The highest BCUT2D eigenvalue weighted by molar-refractivity contribution is 5.99. The van der Waals surface area contributed by atoms with Crippen LogP contribution in [0.5, 0.6) is 0 Å². The predicted octanol–water partition coefficient (Wildman–Crippen LogP) is 2.57. The first-order chi connectivity index (χ1) is 7.22. The first-order valence-corrected chi connectivity index (χ1v) is 4.89. The molecule has 0 bridgehead atoms. The lowest BCUT2D eigenvalue weighted by molar-refractivity contribution is -0.112. The summed E-state index contributed by atoms with van der Waals surface area (Å²) < 4.78 is 5.15. The maximum Gasteiger partial charge on any atom is 0.251 e. The fourth-order valence-corrected chi connectivity index (χ4v) is 1.15. The van der Waals surface area contributed by atoms with Crippen molar-refractivity contribution in [1.82, 2.24) is 0 Å². The third-order valence-corrected chi connectivity index (χ3v) is 1.75. The Morgan fingerprint density at radius 2 is 2.07 bits per heavy atom. The van der Waals surface area contributed by atoms with Gasteiger partial charge in [0.25, 0.3) is 5.91 Å². The van der Waals surface area contributed by atoms with Gasteiger partial charge < -0.3 is 10.1 Å². The van der Waals surface area contributed by atoms with E-state index in [2.05, 4.69) is 5.32 Å². The van der Waals surface area contributed by atoms with Crippen molar-refractivity contribution < 1.29 is 9.53 Å². The lowest BCUT2D eigenvalue weighted by Crippen LogP contribution is -2.09. The number of amides is 1. The maximum atomic E-state index is 11.4. The molecule has 0 aliphatic heterocycles. The Balaban J connectivity index is 2.53. The van der Waals surface area contributed by atoms with Gasteiger partial charge in [-0.3, -0.25) is 4.79 Å². The van der Waals surface area contributed by atoms with Gasteiger partial charge in [-0.2, -0.15) is 0 Å². The van der Waals surface area contributed by atoms with Crippen molar-refractivity contribution in [2.45, 2.75) is 13.8 Å². The van der Waals surface area contributed by atoms with Gasteiger partial charge in [0.15, 0.2) is 0 Å². The molecule has 0 saturated carbocycles. The van der Waals surface area contributed by atoms with Crippen molar-refractivity contribution in [3.05, 3.63) is 42.2 Å². The van der Waals surface area contributed by atoms with Gasteiger partial charge in [0.1, 0.15) is 0 Å². The molecule has 0 heterocycles. The minimum absolute atomic E-state index is 0.174. The van der Waals surface area contributed by atoms with E-state index in [-0.39, 0.29) is 5.91 Å². The molecule has 3 nitrogen and oxygen atoms in total. The molecule has 0 spiro atoms. The van der Waals surface area contributed by atoms with Crippen molar-refractivity contribution in [2.24, 2.45) is 0 Å². The normalized spacial score (nSPS) is 10.9. The molecule has 1 N–H and O–H groups in total. The van der Waals surface area contributed by atoms with Gasteiger partial charge in [0.2, 0.25) is 0 Å². The van der Waals surface area contributed by atoms with E-state index in [1.54, 1.807) is 6.92 Å².